The Kier molecular flexibility index (Phi) is 4.93. The predicted molar refractivity (Wildman–Crippen MR) is 102 cm³/mol. The Balaban J connectivity index is 1.91. The number of fused-ring (bicyclic) bond motifs is 1. The van der Waals surface area contributed by atoms with Crippen LogP contribution >= 0.6 is 0 Å². The van der Waals surface area contributed by atoms with Crippen LogP contribution in [-0.4, -0.2) is 29.0 Å². The van der Waals surface area contributed by atoms with Gasteiger partial charge in [-0.3, -0.25) is 9.78 Å². The van der Waals surface area contributed by atoms with Crippen molar-refractivity contribution >= 4 is 28.3 Å². The first kappa shape index (κ1) is 16.9. The highest BCUT2D eigenvalue weighted by molar-refractivity contribution is 6.05. The number of nitrogens with one attached hydrogen (secondary N) is 1. The first-order valence-corrected chi connectivity index (χ1v) is 8.50. The molecular formula is C20H22N4O. The maximum atomic E-state index is 12.3. The lowest BCUT2D eigenvalue weighted by molar-refractivity contribution is 0.102. The number of amides is 1. The van der Waals surface area contributed by atoms with E-state index in [-0.39, 0.29) is 5.91 Å². The third-order valence-corrected chi connectivity index (χ3v) is 4.27. The molecule has 0 saturated carbocycles. The van der Waals surface area contributed by atoms with Crippen LogP contribution in [0.2, 0.25) is 0 Å². The number of anilines is 2. The molecule has 5 heteroatoms. The van der Waals surface area contributed by atoms with Crippen LogP contribution in [0, 0.1) is 6.92 Å². The van der Waals surface area contributed by atoms with Crippen LogP contribution < -0.4 is 10.2 Å². The van der Waals surface area contributed by atoms with Gasteiger partial charge in [0, 0.05) is 36.6 Å². The molecule has 0 radical (unpaired) electrons. The quantitative estimate of drug-likeness (QED) is 0.765. The molecule has 0 saturated heterocycles. The Morgan fingerprint density at radius 3 is 2.64 bits per heavy atom. The first-order chi connectivity index (χ1) is 12.1. The van der Waals surface area contributed by atoms with Gasteiger partial charge in [0.15, 0.2) is 0 Å². The molecule has 1 amide bonds. The van der Waals surface area contributed by atoms with Crippen molar-refractivity contribution in [3.05, 3.63) is 59.9 Å². The van der Waals surface area contributed by atoms with Crippen LogP contribution in [0.5, 0.6) is 0 Å². The highest BCUT2D eigenvalue weighted by Crippen LogP contribution is 2.25. The van der Waals surface area contributed by atoms with Gasteiger partial charge in [0.25, 0.3) is 5.91 Å². The Labute approximate surface area is 147 Å². The fourth-order valence-corrected chi connectivity index (χ4v) is 2.86. The van der Waals surface area contributed by atoms with E-state index >= 15 is 0 Å². The number of nitrogens with zero attached hydrogens (tertiary/aromatic N) is 3. The number of aryl methyl sites for hydroxylation is 1. The fraction of sp³-hybridized carbons (Fsp3) is 0.250. The van der Waals surface area contributed by atoms with E-state index in [0.29, 0.717) is 5.56 Å². The summed E-state index contributed by atoms with van der Waals surface area (Å²) in [7, 11) is 0. The molecule has 5 nitrogen and oxygen atoms in total. The third kappa shape index (κ3) is 3.60. The minimum Gasteiger partial charge on any atom is -0.357 e. The van der Waals surface area contributed by atoms with Crippen LogP contribution in [0.4, 0.5) is 11.5 Å². The summed E-state index contributed by atoms with van der Waals surface area (Å²) in [4.78, 5) is 23.2. The van der Waals surface area contributed by atoms with Crippen molar-refractivity contribution in [2.24, 2.45) is 0 Å². The lowest BCUT2D eigenvalue weighted by atomic mass is 10.1. The SMILES string of the molecule is CCN(CC)c1cc(C)c2cc(NC(=O)c3cccnc3)ccc2n1. The summed E-state index contributed by atoms with van der Waals surface area (Å²) in [6.07, 6.45) is 3.20. The minimum absolute atomic E-state index is 0.169. The van der Waals surface area contributed by atoms with Gasteiger partial charge >= 0.3 is 0 Å². The van der Waals surface area contributed by atoms with Gasteiger partial charge in [-0.05, 0) is 62.7 Å². The maximum absolute atomic E-state index is 12.3. The van der Waals surface area contributed by atoms with Crippen LogP contribution in [-0.2, 0) is 0 Å². The third-order valence-electron chi connectivity index (χ3n) is 4.27. The van der Waals surface area contributed by atoms with Gasteiger partial charge in [0.05, 0.1) is 11.1 Å². The molecule has 3 aromatic rings. The van der Waals surface area contributed by atoms with E-state index in [1.807, 2.05) is 18.2 Å². The maximum Gasteiger partial charge on any atom is 0.257 e. The second-order valence-electron chi connectivity index (χ2n) is 5.90. The number of rotatable bonds is 5. The largest absolute Gasteiger partial charge is 0.357 e. The van der Waals surface area contributed by atoms with Gasteiger partial charge in [-0.15, -0.1) is 0 Å². The summed E-state index contributed by atoms with van der Waals surface area (Å²) in [6.45, 7) is 8.18. The van der Waals surface area contributed by atoms with E-state index in [4.69, 9.17) is 4.98 Å². The summed E-state index contributed by atoms with van der Waals surface area (Å²) in [6, 6.07) is 11.4. The topological polar surface area (TPSA) is 58.1 Å². The zero-order valence-corrected chi connectivity index (χ0v) is 14.8. The summed E-state index contributed by atoms with van der Waals surface area (Å²) in [5.41, 5.74) is 3.36. The summed E-state index contributed by atoms with van der Waals surface area (Å²) in [5.74, 6) is 0.819. The van der Waals surface area contributed by atoms with E-state index in [2.05, 4.69) is 42.0 Å². The molecule has 0 aliphatic heterocycles. The van der Waals surface area contributed by atoms with Gasteiger partial charge in [-0.1, -0.05) is 0 Å². The molecule has 3 rings (SSSR count). The molecule has 128 valence electrons. The predicted octanol–water partition coefficient (Wildman–Crippen LogP) is 4.04. The van der Waals surface area contributed by atoms with Gasteiger partial charge in [0.2, 0.25) is 0 Å². The van der Waals surface area contributed by atoms with Crippen molar-refractivity contribution in [1.29, 1.82) is 0 Å². The monoisotopic (exact) mass is 334 g/mol. The lowest BCUT2D eigenvalue weighted by Crippen LogP contribution is -2.23. The summed E-state index contributed by atoms with van der Waals surface area (Å²) < 4.78 is 0. The normalized spacial score (nSPS) is 10.7. The van der Waals surface area contributed by atoms with Gasteiger partial charge in [-0.2, -0.15) is 0 Å². The number of carbonyl (C=O) groups is 1. The molecule has 0 spiro atoms. The zero-order valence-electron chi connectivity index (χ0n) is 14.8. The number of carbonyl (C=O) groups excluding carboxylic acids is 1. The van der Waals surface area contributed by atoms with E-state index in [1.54, 1.807) is 24.5 Å². The second-order valence-corrected chi connectivity index (χ2v) is 5.90. The number of aromatic nitrogens is 2. The van der Waals surface area contributed by atoms with Crippen LogP contribution in [0.1, 0.15) is 29.8 Å². The minimum atomic E-state index is -0.169. The van der Waals surface area contributed by atoms with Crippen LogP contribution in [0.3, 0.4) is 0 Å². The van der Waals surface area contributed by atoms with Crippen LogP contribution in [0.15, 0.2) is 48.8 Å². The molecule has 2 heterocycles. The fourth-order valence-electron chi connectivity index (χ4n) is 2.86. The molecule has 0 bridgehead atoms. The number of benzene rings is 1. The number of pyridine rings is 2. The smallest absolute Gasteiger partial charge is 0.257 e. The van der Waals surface area contributed by atoms with E-state index < -0.39 is 0 Å². The highest BCUT2D eigenvalue weighted by Gasteiger charge is 2.10. The van der Waals surface area contributed by atoms with E-state index in [0.717, 1.165) is 41.1 Å². The van der Waals surface area contributed by atoms with E-state index in [9.17, 15) is 4.79 Å². The molecule has 2 aromatic heterocycles. The lowest BCUT2D eigenvalue weighted by Gasteiger charge is -2.21. The molecular weight excluding hydrogens is 312 g/mol. The van der Waals surface area contributed by atoms with Gasteiger partial charge in [-0.25, -0.2) is 4.98 Å². The average Bonchev–Trinajstić information content (AvgIpc) is 2.64. The molecule has 1 N–H and O–H groups in total. The second kappa shape index (κ2) is 7.30. The average molecular weight is 334 g/mol. The highest BCUT2D eigenvalue weighted by atomic mass is 16.1. The van der Waals surface area contributed by atoms with Crippen molar-refractivity contribution in [3.63, 3.8) is 0 Å². The molecule has 0 unspecified atom stereocenters. The van der Waals surface area contributed by atoms with Crippen molar-refractivity contribution in [3.8, 4) is 0 Å². The Morgan fingerprint density at radius 2 is 1.96 bits per heavy atom. The molecule has 0 fully saturated rings. The van der Waals surface area contributed by atoms with Crippen molar-refractivity contribution in [1.82, 2.24) is 9.97 Å². The molecule has 0 aliphatic carbocycles. The molecule has 25 heavy (non-hydrogen) atoms. The van der Waals surface area contributed by atoms with Crippen molar-refractivity contribution in [2.75, 3.05) is 23.3 Å². The van der Waals surface area contributed by atoms with Crippen molar-refractivity contribution < 1.29 is 4.79 Å². The molecule has 0 atom stereocenters. The Hall–Kier alpha value is -2.95. The zero-order chi connectivity index (χ0) is 17.8. The molecule has 0 aliphatic rings. The number of hydrogen-bond acceptors (Lipinski definition) is 4. The summed E-state index contributed by atoms with van der Waals surface area (Å²) in [5, 5.41) is 3.96. The Morgan fingerprint density at radius 1 is 1.16 bits per heavy atom. The molecule has 1 aromatic carbocycles. The van der Waals surface area contributed by atoms with Gasteiger partial charge in [0.1, 0.15) is 5.82 Å². The van der Waals surface area contributed by atoms with E-state index in [1.165, 1.54) is 0 Å². The number of hydrogen-bond donors (Lipinski definition) is 1. The van der Waals surface area contributed by atoms with Crippen molar-refractivity contribution in [2.45, 2.75) is 20.8 Å². The van der Waals surface area contributed by atoms with Crippen LogP contribution in [0.25, 0.3) is 10.9 Å². The standard InChI is InChI=1S/C20H22N4O/c1-4-24(5-2)19-11-14(3)17-12-16(8-9-18(17)23-19)22-20(25)15-7-6-10-21-13-15/h6-13H,4-5H2,1-3H3,(H,22,25). The Bertz CT molecular complexity index is 889. The first-order valence-electron chi connectivity index (χ1n) is 8.50. The van der Waals surface area contributed by atoms with Gasteiger partial charge < -0.3 is 10.2 Å². The summed E-state index contributed by atoms with van der Waals surface area (Å²) >= 11 is 0.